The minimum absolute atomic E-state index is 0.0724. The third kappa shape index (κ3) is 4.46. The van der Waals surface area contributed by atoms with E-state index in [0.29, 0.717) is 28.5 Å². The van der Waals surface area contributed by atoms with Gasteiger partial charge in [-0.3, -0.25) is 14.6 Å². The predicted octanol–water partition coefficient (Wildman–Crippen LogP) is 4.20. The fourth-order valence-electron chi connectivity index (χ4n) is 3.55. The second kappa shape index (κ2) is 9.34. The molecule has 1 N–H and O–H groups in total. The Morgan fingerprint density at radius 1 is 0.969 bits per heavy atom. The molecule has 0 spiro atoms. The van der Waals surface area contributed by atoms with Gasteiger partial charge in [0.05, 0.1) is 43.4 Å². The number of fused-ring (bicyclic) bond motifs is 1. The molecule has 7 heteroatoms. The normalized spacial score (nSPS) is 13.0. The Balaban J connectivity index is 1.60. The van der Waals surface area contributed by atoms with E-state index in [1.807, 2.05) is 48.5 Å². The lowest BCUT2D eigenvalue weighted by Crippen LogP contribution is -2.38. The van der Waals surface area contributed by atoms with Gasteiger partial charge in [0, 0.05) is 0 Å². The van der Waals surface area contributed by atoms with E-state index < -0.39 is 0 Å². The van der Waals surface area contributed by atoms with Crippen LogP contribution in [0.2, 0.25) is 0 Å². The van der Waals surface area contributed by atoms with E-state index in [4.69, 9.17) is 14.5 Å². The molecule has 162 valence electrons. The van der Waals surface area contributed by atoms with Crippen molar-refractivity contribution in [3.63, 3.8) is 0 Å². The maximum Gasteiger partial charge on any atom is 0.244 e. The molecule has 4 rings (SSSR count). The Kier molecular flexibility index (Phi) is 6.17. The highest BCUT2D eigenvalue weighted by Crippen LogP contribution is 2.33. The monoisotopic (exact) mass is 429 g/mol. The quantitative estimate of drug-likeness (QED) is 0.637. The van der Waals surface area contributed by atoms with Crippen LogP contribution >= 0.6 is 0 Å². The summed E-state index contributed by atoms with van der Waals surface area (Å²) in [4.78, 5) is 32.3. The van der Waals surface area contributed by atoms with E-state index in [-0.39, 0.29) is 24.8 Å². The minimum Gasteiger partial charge on any atom is -0.497 e. The molecule has 0 saturated carbocycles. The van der Waals surface area contributed by atoms with Crippen molar-refractivity contribution in [2.75, 3.05) is 31.0 Å². The SMILES string of the molecule is COc1ccc(C2=Nc3ccccc3N(CC(=O)Nc3ccccc3OC)C(=O)C2)cc1. The Morgan fingerprint density at radius 3 is 2.44 bits per heavy atom. The number of nitrogens with zero attached hydrogens (tertiary/aromatic N) is 2. The third-order valence-electron chi connectivity index (χ3n) is 5.15. The number of carbonyl (C=O) groups excluding carboxylic acids is 2. The van der Waals surface area contributed by atoms with E-state index in [1.165, 1.54) is 12.0 Å². The van der Waals surface area contributed by atoms with Crippen LogP contribution < -0.4 is 19.7 Å². The fourth-order valence-corrected chi connectivity index (χ4v) is 3.55. The van der Waals surface area contributed by atoms with Crippen molar-refractivity contribution in [1.82, 2.24) is 0 Å². The van der Waals surface area contributed by atoms with E-state index in [2.05, 4.69) is 5.32 Å². The Bertz CT molecular complexity index is 1170. The second-order valence-electron chi connectivity index (χ2n) is 7.18. The first-order valence-electron chi connectivity index (χ1n) is 10.1. The van der Waals surface area contributed by atoms with Crippen molar-refractivity contribution < 1.29 is 19.1 Å². The molecule has 1 aliphatic rings. The van der Waals surface area contributed by atoms with Gasteiger partial charge in [-0.15, -0.1) is 0 Å². The smallest absolute Gasteiger partial charge is 0.244 e. The first-order valence-corrected chi connectivity index (χ1v) is 10.1. The first-order chi connectivity index (χ1) is 15.6. The fraction of sp³-hybridized carbons (Fsp3) is 0.160. The van der Waals surface area contributed by atoms with E-state index in [0.717, 1.165) is 11.3 Å². The van der Waals surface area contributed by atoms with E-state index in [1.54, 1.807) is 31.4 Å². The number of aliphatic imine (C=N–C) groups is 1. The molecular formula is C25H23N3O4. The lowest BCUT2D eigenvalue weighted by Gasteiger charge is -2.22. The molecule has 0 atom stereocenters. The van der Waals surface area contributed by atoms with Gasteiger partial charge >= 0.3 is 0 Å². The van der Waals surface area contributed by atoms with Crippen molar-refractivity contribution in [3.8, 4) is 11.5 Å². The second-order valence-corrected chi connectivity index (χ2v) is 7.18. The Labute approximate surface area is 186 Å². The molecule has 7 nitrogen and oxygen atoms in total. The summed E-state index contributed by atoms with van der Waals surface area (Å²) in [6.07, 6.45) is 0.0724. The van der Waals surface area contributed by atoms with Crippen LogP contribution in [-0.2, 0) is 9.59 Å². The number of methoxy groups -OCH3 is 2. The summed E-state index contributed by atoms with van der Waals surface area (Å²) in [6.45, 7) is -0.140. The van der Waals surface area contributed by atoms with Gasteiger partial charge in [-0.1, -0.05) is 24.3 Å². The molecule has 0 aliphatic carbocycles. The number of carbonyl (C=O) groups is 2. The van der Waals surface area contributed by atoms with Crippen molar-refractivity contribution >= 4 is 34.6 Å². The van der Waals surface area contributed by atoms with Gasteiger partial charge in [-0.2, -0.15) is 0 Å². The highest BCUT2D eigenvalue weighted by molar-refractivity contribution is 6.19. The minimum atomic E-state index is -0.328. The van der Waals surface area contributed by atoms with Crippen LogP contribution in [0.15, 0.2) is 77.8 Å². The average molecular weight is 429 g/mol. The van der Waals surface area contributed by atoms with Gasteiger partial charge in [0.1, 0.15) is 18.0 Å². The first kappa shape index (κ1) is 21.1. The van der Waals surface area contributed by atoms with Gasteiger partial charge in [0.2, 0.25) is 11.8 Å². The summed E-state index contributed by atoms with van der Waals surface area (Å²) in [5.41, 5.74) is 3.24. The summed E-state index contributed by atoms with van der Waals surface area (Å²) in [5.74, 6) is 0.739. The van der Waals surface area contributed by atoms with Gasteiger partial charge in [0.25, 0.3) is 0 Å². The number of anilines is 2. The van der Waals surface area contributed by atoms with Crippen LogP contribution in [0, 0.1) is 0 Å². The molecule has 0 aromatic heterocycles. The molecule has 3 aromatic rings. The molecular weight excluding hydrogens is 406 g/mol. The molecule has 0 radical (unpaired) electrons. The summed E-state index contributed by atoms with van der Waals surface area (Å²) < 4.78 is 10.5. The molecule has 0 fully saturated rings. The maximum absolute atomic E-state index is 13.2. The lowest BCUT2D eigenvalue weighted by molar-refractivity contribution is -0.120. The molecule has 3 aromatic carbocycles. The number of amides is 2. The maximum atomic E-state index is 13.2. The topological polar surface area (TPSA) is 80.2 Å². The van der Waals surface area contributed by atoms with Crippen LogP contribution in [0.25, 0.3) is 0 Å². The van der Waals surface area contributed by atoms with Crippen LogP contribution in [0.5, 0.6) is 11.5 Å². The predicted molar refractivity (Wildman–Crippen MR) is 124 cm³/mol. The number of nitrogens with one attached hydrogen (secondary N) is 1. The summed E-state index contributed by atoms with van der Waals surface area (Å²) >= 11 is 0. The van der Waals surface area contributed by atoms with E-state index in [9.17, 15) is 9.59 Å². The number of hydrogen-bond donors (Lipinski definition) is 1. The molecule has 0 unspecified atom stereocenters. The van der Waals surface area contributed by atoms with Crippen LogP contribution in [-0.4, -0.2) is 38.3 Å². The van der Waals surface area contributed by atoms with Crippen molar-refractivity contribution in [2.24, 2.45) is 4.99 Å². The largest absolute Gasteiger partial charge is 0.497 e. The van der Waals surface area contributed by atoms with Gasteiger partial charge < -0.3 is 19.7 Å². The third-order valence-corrected chi connectivity index (χ3v) is 5.15. The molecule has 1 aliphatic heterocycles. The standard InChI is InChI=1S/C25H23N3O4/c1-31-18-13-11-17(12-14-18)21-15-25(30)28(22-9-5-3-7-19(22)26-21)16-24(29)27-20-8-4-6-10-23(20)32-2/h3-14H,15-16H2,1-2H3,(H,27,29). The Morgan fingerprint density at radius 2 is 1.69 bits per heavy atom. The average Bonchev–Trinajstić information content (AvgIpc) is 2.96. The molecule has 2 amide bonds. The molecule has 1 heterocycles. The summed E-state index contributed by atoms with van der Waals surface area (Å²) in [7, 11) is 3.14. The number of hydrogen-bond acceptors (Lipinski definition) is 5. The van der Waals surface area contributed by atoms with Crippen LogP contribution in [0.1, 0.15) is 12.0 Å². The number of benzene rings is 3. The van der Waals surface area contributed by atoms with E-state index >= 15 is 0 Å². The van der Waals surface area contributed by atoms with Gasteiger partial charge in [0.15, 0.2) is 0 Å². The number of ether oxygens (including phenoxy) is 2. The molecule has 32 heavy (non-hydrogen) atoms. The Hall–Kier alpha value is -4.13. The molecule has 0 saturated heterocycles. The molecule has 0 bridgehead atoms. The zero-order valence-electron chi connectivity index (χ0n) is 17.9. The zero-order chi connectivity index (χ0) is 22.5. The van der Waals surface area contributed by atoms with Crippen molar-refractivity contribution in [3.05, 3.63) is 78.4 Å². The number of rotatable bonds is 6. The van der Waals surface area contributed by atoms with Crippen molar-refractivity contribution in [2.45, 2.75) is 6.42 Å². The van der Waals surface area contributed by atoms with Gasteiger partial charge in [-0.25, -0.2) is 0 Å². The van der Waals surface area contributed by atoms with Gasteiger partial charge in [-0.05, 0) is 54.1 Å². The highest BCUT2D eigenvalue weighted by Gasteiger charge is 2.26. The van der Waals surface area contributed by atoms with Crippen LogP contribution in [0.4, 0.5) is 17.1 Å². The lowest BCUT2D eigenvalue weighted by atomic mass is 10.1. The highest BCUT2D eigenvalue weighted by atomic mass is 16.5. The van der Waals surface area contributed by atoms with Crippen molar-refractivity contribution in [1.29, 1.82) is 0 Å². The summed E-state index contributed by atoms with van der Waals surface area (Å²) in [5, 5.41) is 2.83. The van der Waals surface area contributed by atoms with Crippen LogP contribution in [0.3, 0.4) is 0 Å². The zero-order valence-corrected chi connectivity index (χ0v) is 17.9. The summed E-state index contributed by atoms with van der Waals surface area (Å²) in [6, 6.07) is 21.9. The number of para-hydroxylation sites is 4.